The number of Topliss-reactive ketones (excluding diaryl/α,β-unsaturated/α-hetero) is 1. The highest BCUT2D eigenvalue weighted by Crippen LogP contribution is 2.37. The van der Waals surface area contributed by atoms with Crippen LogP contribution < -0.4 is 0 Å². The Labute approximate surface area is 195 Å². The first kappa shape index (κ1) is 28.0. The molecule has 2 unspecified atom stereocenters. The van der Waals surface area contributed by atoms with Crippen molar-refractivity contribution >= 4 is 11.6 Å². The number of aliphatic hydroxyl groups is 1. The second kappa shape index (κ2) is 14.2. The Bertz CT molecular complexity index is 817. The summed E-state index contributed by atoms with van der Waals surface area (Å²) in [5, 5.41) is 13.7. The smallest absolute Gasteiger partial charge is 0.158 e. The lowest BCUT2D eigenvalue weighted by atomic mass is 9.77. The van der Waals surface area contributed by atoms with Gasteiger partial charge in [0.25, 0.3) is 0 Å². The Morgan fingerprint density at radius 1 is 1.22 bits per heavy atom. The van der Waals surface area contributed by atoms with Crippen LogP contribution in [-0.4, -0.2) is 33.1 Å². The van der Waals surface area contributed by atoms with E-state index in [2.05, 4.69) is 45.4 Å². The predicted octanol–water partition coefficient (Wildman–Crippen LogP) is 6.57. The Hall–Kier alpha value is -2.01. The first-order chi connectivity index (χ1) is 15.2. The topological polar surface area (TPSA) is 67.5 Å². The summed E-state index contributed by atoms with van der Waals surface area (Å²) in [7, 11) is 0. The maximum Gasteiger partial charge on any atom is 0.158 e. The minimum atomic E-state index is -0.372. The molecule has 0 aliphatic carbocycles. The van der Waals surface area contributed by atoms with Crippen molar-refractivity contribution in [3.8, 4) is 0 Å². The summed E-state index contributed by atoms with van der Waals surface area (Å²) in [4.78, 5) is 16.6. The number of aliphatic hydroxyl groups excluding tert-OH is 1. The molecular formula is C27H45N3O2. The van der Waals surface area contributed by atoms with Crippen molar-refractivity contribution in [2.75, 3.05) is 6.61 Å². The Morgan fingerprint density at radius 3 is 2.41 bits per heavy atom. The molecule has 0 aromatic carbocycles. The zero-order chi connectivity index (χ0) is 24.3. The third-order valence-electron chi connectivity index (χ3n) is 6.41. The summed E-state index contributed by atoms with van der Waals surface area (Å²) >= 11 is 0. The van der Waals surface area contributed by atoms with E-state index in [9.17, 15) is 4.79 Å². The number of aliphatic imine (C=N–C) groups is 1. The van der Waals surface area contributed by atoms with Crippen molar-refractivity contribution in [2.24, 2.45) is 16.8 Å². The van der Waals surface area contributed by atoms with Crippen molar-refractivity contribution in [1.29, 1.82) is 0 Å². The standard InChI is InChI=1S/C27H45N3O2/c1-9-12-16-26(19(4)10-2)27(24(11-3)14-13-15-25(32)18-31)22(7)28-23(8)30-21(6)17-20(5)29-30/h17,19,26,31H,7,9-16,18H2,1-6,8H3/b27-24-,28-23?. The van der Waals surface area contributed by atoms with Crippen LogP contribution in [0.3, 0.4) is 0 Å². The molecule has 0 fully saturated rings. The largest absolute Gasteiger partial charge is 0.389 e. The van der Waals surface area contributed by atoms with Crippen molar-refractivity contribution in [3.05, 3.63) is 40.9 Å². The second-order valence-corrected chi connectivity index (χ2v) is 9.00. The summed E-state index contributed by atoms with van der Waals surface area (Å²) in [5.74, 6) is 1.65. The quantitative estimate of drug-likeness (QED) is 0.201. The van der Waals surface area contributed by atoms with Crippen LogP contribution in [0.4, 0.5) is 0 Å². The van der Waals surface area contributed by atoms with Crippen LogP contribution in [0, 0.1) is 25.7 Å². The fourth-order valence-corrected chi connectivity index (χ4v) is 4.44. The fourth-order valence-electron chi connectivity index (χ4n) is 4.44. The van der Waals surface area contributed by atoms with Gasteiger partial charge in [-0.2, -0.15) is 5.10 Å². The number of unbranched alkanes of at least 4 members (excludes halogenated alkanes) is 1. The van der Waals surface area contributed by atoms with Gasteiger partial charge in [0.05, 0.1) is 11.4 Å². The van der Waals surface area contributed by atoms with Gasteiger partial charge in [-0.1, -0.05) is 59.1 Å². The number of hydrogen-bond acceptors (Lipinski definition) is 4. The van der Waals surface area contributed by atoms with E-state index in [1.807, 2.05) is 25.5 Å². The van der Waals surface area contributed by atoms with E-state index in [-0.39, 0.29) is 12.4 Å². The van der Waals surface area contributed by atoms with Crippen LogP contribution in [0.5, 0.6) is 0 Å². The van der Waals surface area contributed by atoms with E-state index in [1.54, 1.807) is 0 Å². The fraction of sp³-hybridized carbons (Fsp3) is 0.667. The van der Waals surface area contributed by atoms with Crippen LogP contribution >= 0.6 is 0 Å². The monoisotopic (exact) mass is 443 g/mol. The molecule has 0 amide bonds. The number of aromatic nitrogens is 2. The van der Waals surface area contributed by atoms with Gasteiger partial charge >= 0.3 is 0 Å². The maximum atomic E-state index is 11.6. The number of nitrogens with zero attached hydrogens (tertiary/aromatic N) is 3. The minimum absolute atomic E-state index is 0.0938. The van der Waals surface area contributed by atoms with Crippen molar-refractivity contribution in [2.45, 2.75) is 99.8 Å². The van der Waals surface area contributed by atoms with Crippen molar-refractivity contribution in [3.63, 3.8) is 0 Å². The van der Waals surface area contributed by atoms with Crippen LogP contribution in [0.25, 0.3) is 0 Å². The molecule has 0 bridgehead atoms. The van der Waals surface area contributed by atoms with Gasteiger partial charge in [0.1, 0.15) is 12.4 Å². The van der Waals surface area contributed by atoms with Crippen molar-refractivity contribution < 1.29 is 9.90 Å². The molecule has 5 heteroatoms. The lowest BCUT2D eigenvalue weighted by Gasteiger charge is -2.29. The molecular weight excluding hydrogens is 398 g/mol. The van der Waals surface area contributed by atoms with Gasteiger partial charge in [-0.05, 0) is 69.9 Å². The van der Waals surface area contributed by atoms with Gasteiger partial charge in [0, 0.05) is 12.1 Å². The van der Waals surface area contributed by atoms with Gasteiger partial charge in [-0.3, -0.25) is 4.79 Å². The minimum Gasteiger partial charge on any atom is -0.389 e. The van der Waals surface area contributed by atoms with Crippen LogP contribution in [0.1, 0.15) is 97.4 Å². The zero-order valence-electron chi connectivity index (χ0n) is 21.5. The summed E-state index contributed by atoms with van der Waals surface area (Å²) in [6, 6.07) is 2.05. The number of carbonyl (C=O) groups excluding carboxylic acids is 1. The number of allylic oxidation sites excluding steroid dienone is 2. The van der Waals surface area contributed by atoms with Crippen LogP contribution in [-0.2, 0) is 4.79 Å². The van der Waals surface area contributed by atoms with E-state index >= 15 is 0 Å². The average Bonchev–Trinajstić information content (AvgIpc) is 3.11. The molecule has 0 saturated carbocycles. The predicted molar refractivity (Wildman–Crippen MR) is 135 cm³/mol. The first-order valence-corrected chi connectivity index (χ1v) is 12.3. The Morgan fingerprint density at radius 2 is 1.91 bits per heavy atom. The number of hydrogen-bond donors (Lipinski definition) is 1. The molecule has 0 aliphatic rings. The molecule has 1 aromatic rings. The average molecular weight is 444 g/mol. The van der Waals surface area contributed by atoms with Crippen LogP contribution in [0.15, 0.2) is 34.5 Å². The molecule has 0 spiro atoms. The normalized spacial score (nSPS) is 14.8. The molecule has 180 valence electrons. The molecule has 1 aromatic heterocycles. The molecule has 1 heterocycles. The molecule has 32 heavy (non-hydrogen) atoms. The maximum absolute atomic E-state index is 11.6. The SMILES string of the molecule is C=C(N=C(C)n1nc(C)cc1C)/C(=C(\CC)CCCC(=O)CO)C(CCCC)C(C)CC. The molecule has 5 nitrogen and oxygen atoms in total. The first-order valence-electron chi connectivity index (χ1n) is 12.3. The lowest BCUT2D eigenvalue weighted by Crippen LogP contribution is -2.19. The molecule has 1 N–H and O–H groups in total. The summed E-state index contributed by atoms with van der Waals surface area (Å²) < 4.78 is 1.88. The zero-order valence-corrected chi connectivity index (χ0v) is 21.5. The third kappa shape index (κ3) is 8.16. The van der Waals surface area contributed by atoms with Gasteiger partial charge in [-0.15, -0.1) is 0 Å². The highest BCUT2D eigenvalue weighted by molar-refractivity contribution is 5.83. The summed E-state index contributed by atoms with van der Waals surface area (Å²) in [6.45, 7) is 19.1. The highest BCUT2D eigenvalue weighted by atomic mass is 16.3. The van der Waals surface area contributed by atoms with Gasteiger partial charge < -0.3 is 5.11 Å². The second-order valence-electron chi connectivity index (χ2n) is 9.00. The van der Waals surface area contributed by atoms with E-state index in [4.69, 9.17) is 10.1 Å². The van der Waals surface area contributed by atoms with Gasteiger partial charge in [-0.25, -0.2) is 9.67 Å². The van der Waals surface area contributed by atoms with Gasteiger partial charge in [0.15, 0.2) is 5.78 Å². The number of ketones is 1. The summed E-state index contributed by atoms with van der Waals surface area (Å²) in [5.41, 5.74) is 5.47. The van der Waals surface area contributed by atoms with E-state index in [0.29, 0.717) is 18.3 Å². The third-order valence-corrected chi connectivity index (χ3v) is 6.41. The van der Waals surface area contributed by atoms with E-state index in [1.165, 1.54) is 17.6 Å². The van der Waals surface area contributed by atoms with Crippen LogP contribution in [0.2, 0.25) is 0 Å². The highest BCUT2D eigenvalue weighted by Gasteiger charge is 2.25. The Kier molecular flexibility index (Phi) is 12.4. The number of carbonyl (C=O) groups is 1. The van der Waals surface area contributed by atoms with E-state index in [0.717, 1.165) is 61.4 Å². The number of rotatable bonds is 14. The van der Waals surface area contributed by atoms with Gasteiger partial charge in [0.2, 0.25) is 0 Å². The molecule has 0 saturated heterocycles. The number of aryl methyl sites for hydroxylation is 2. The Balaban J connectivity index is 3.43. The van der Waals surface area contributed by atoms with E-state index < -0.39 is 0 Å². The molecule has 0 aliphatic heterocycles. The van der Waals surface area contributed by atoms with Crippen molar-refractivity contribution in [1.82, 2.24) is 9.78 Å². The molecule has 0 radical (unpaired) electrons. The summed E-state index contributed by atoms with van der Waals surface area (Å²) in [6.07, 6.45) is 7.47. The lowest BCUT2D eigenvalue weighted by molar-refractivity contribution is -0.121. The molecule has 1 rings (SSSR count). The molecule has 2 atom stereocenters.